The van der Waals surface area contributed by atoms with Gasteiger partial charge in [0.25, 0.3) is 0 Å². The van der Waals surface area contributed by atoms with Crippen LogP contribution in [-0.2, 0) is 14.3 Å². The number of carbonyl (C=O) groups excluding carboxylic acids is 2. The Morgan fingerprint density at radius 3 is 2.50 bits per heavy atom. The Kier molecular flexibility index (Phi) is 9.28. The summed E-state index contributed by atoms with van der Waals surface area (Å²) in [5.41, 5.74) is 0. The van der Waals surface area contributed by atoms with E-state index in [1.54, 1.807) is 4.90 Å². The van der Waals surface area contributed by atoms with Crippen molar-refractivity contribution in [3.05, 3.63) is 0 Å². The van der Waals surface area contributed by atoms with Crippen molar-refractivity contribution in [2.45, 2.75) is 32.6 Å². The molecule has 0 aliphatic rings. The number of hydrogen-bond acceptors (Lipinski definition) is 3. The summed E-state index contributed by atoms with van der Waals surface area (Å²) in [5.74, 6) is -0.324. The van der Waals surface area contributed by atoms with Crippen molar-refractivity contribution in [2.24, 2.45) is 0 Å². The molecule has 94 valence electrons. The van der Waals surface area contributed by atoms with Crippen LogP contribution in [0.4, 0.5) is 0 Å². The van der Waals surface area contributed by atoms with Crippen molar-refractivity contribution in [1.82, 2.24) is 4.90 Å². The first-order valence-electron chi connectivity index (χ1n) is 5.56. The Balaban J connectivity index is 4.07. The minimum Gasteiger partial charge on any atom is -0.468 e. The molecule has 0 aromatic carbocycles. The number of amides is 1. The number of esters is 1. The summed E-state index contributed by atoms with van der Waals surface area (Å²) in [6, 6.07) is 0. The van der Waals surface area contributed by atoms with Gasteiger partial charge in [-0.1, -0.05) is 22.9 Å². The lowest BCUT2D eigenvalue weighted by Crippen LogP contribution is -2.36. The van der Waals surface area contributed by atoms with E-state index in [0.717, 1.165) is 24.6 Å². The second kappa shape index (κ2) is 9.63. The molecule has 4 nitrogen and oxygen atoms in total. The Morgan fingerprint density at radius 1 is 1.31 bits per heavy atom. The minimum atomic E-state index is -0.359. The second-order valence-electron chi connectivity index (χ2n) is 3.54. The molecule has 5 heteroatoms. The molecule has 1 amide bonds. The number of alkyl halides is 1. The highest BCUT2D eigenvalue weighted by Gasteiger charge is 2.15. The zero-order chi connectivity index (χ0) is 12.4. The molecule has 0 aliphatic carbocycles. The van der Waals surface area contributed by atoms with Gasteiger partial charge < -0.3 is 9.64 Å². The fourth-order valence-electron chi connectivity index (χ4n) is 1.31. The second-order valence-corrected chi connectivity index (χ2v) is 4.33. The number of unbranched alkanes of at least 4 members (excludes halogenated alkanes) is 1. The van der Waals surface area contributed by atoms with Gasteiger partial charge in [-0.3, -0.25) is 9.59 Å². The lowest BCUT2D eigenvalue weighted by atomic mass is 10.2. The Bertz CT molecular complexity index is 221. The third-order valence-electron chi connectivity index (χ3n) is 2.17. The van der Waals surface area contributed by atoms with Gasteiger partial charge in [-0.05, 0) is 19.3 Å². The van der Waals surface area contributed by atoms with Crippen LogP contribution in [0.1, 0.15) is 32.6 Å². The molecule has 0 unspecified atom stereocenters. The van der Waals surface area contributed by atoms with Crippen LogP contribution in [0.15, 0.2) is 0 Å². The standard InChI is InChI=1S/C11H20BrNO3/c1-3-8-13(9-11(15)16-2)10(14)6-4-5-7-12/h3-9H2,1-2H3. The van der Waals surface area contributed by atoms with E-state index in [1.807, 2.05) is 6.92 Å². The fraction of sp³-hybridized carbons (Fsp3) is 0.818. The van der Waals surface area contributed by atoms with E-state index in [9.17, 15) is 9.59 Å². The highest BCUT2D eigenvalue weighted by atomic mass is 79.9. The van der Waals surface area contributed by atoms with Crippen LogP contribution in [0.3, 0.4) is 0 Å². The number of nitrogens with zero attached hydrogens (tertiary/aromatic N) is 1. The molecular weight excluding hydrogens is 274 g/mol. The van der Waals surface area contributed by atoms with E-state index in [1.165, 1.54) is 7.11 Å². The van der Waals surface area contributed by atoms with E-state index in [0.29, 0.717) is 13.0 Å². The number of halogens is 1. The summed E-state index contributed by atoms with van der Waals surface area (Å²) in [6.07, 6.45) is 3.18. The van der Waals surface area contributed by atoms with Gasteiger partial charge in [-0.25, -0.2) is 0 Å². The summed E-state index contributed by atoms with van der Waals surface area (Å²) in [6.45, 7) is 2.66. The van der Waals surface area contributed by atoms with Crippen LogP contribution in [0.5, 0.6) is 0 Å². The molecule has 0 spiro atoms. The van der Waals surface area contributed by atoms with Gasteiger partial charge in [-0.15, -0.1) is 0 Å². The zero-order valence-corrected chi connectivity index (χ0v) is 11.6. The number of methoxy groups -OCH3 is 1. The first-order valence-corrected chi connectivity index (χ1v) is 6.68. The van der Waals surface area contributed by atoms with Gasteiger partial charge in [0.15, 0.2) is 0 Å². The third kappa shape index (κ3) is 6.82. The van der Waals surface area contributed by atoms with Crippen molar-refractivity contribution in [1.29, 1.82) is 0 Å². The lowest BCUT2D eigenvalue weighted by Gasteiger charge is -2.20. The van der Waals surface area contributed by atoms with Gasteiger partial charge in [0.05, 0.1) is 7.11 Å². The minimum absolute atomic E-state index is 0.0354. The molecule has 0 rings (SSSR count). The summed E-state index contributed by atoms with van der Waals surface area (Å²) in [5, 5.41) is 0.908. The predicted molar refractivity (Wildman–Crippen MR) is 66.5 cm³/mol. The summed E-state index contributed by atoms with van der Waals surface area (Å²) >= 11 is 3.32. The van der Waals surface area contributed by atoms with E-state index in [2.05, 4.69) is 20.7 Å². The largest absolute Gasteiger partial charge is 0.468 e. The molecule has 0 saturated heterocycles. The van der Waals surface area contributed by atoms with Gasteiger partial charge in [-0.2, -0.15) is 0 Å². The number of carbonyl (C=O) groups is 2. The normalized spacial score (nSPS) is 9.94. The fourth-order valence-corrected chi connectivity index (χ4v) is 1.71. The number of rotatable bonds is 8. The van der Waals surface area contributed by atoms with Gasteiger partial charge in [0.1, 0.15) is 6.54 Å². The molecule has 0 heterocycles. The number of ether oxygens (including phenoxy) is 1. The van der Waals surface area contributed by atoms with Gasteiger partial charge in [0, 0.05) is 18.3 Å². The Hall–Kier alpha value is -0.580. The molecule has 0 atom stereocenters. The quantitative estimate of drug-likeness (QED) is 0.390. The molecule has 0 aliphatic heterocycles. The summed E-state index contributed by atoms with van der Waals surface area (Å²) in [4.78, 5) is 24.4. The van der Waals surface area contributed by atoms with Crippen LogP contribution < -0.4 is 0 Å². The van der Waals surface area contributed by atoms with Crippen LogP contribution in [0.25, 0.3) is 0 Å². The highest BCUT2D eigenvalue weighted by Crippen LogP contribution is 2.04. The summed E-state index contributed by atoms with van der Waals surface area (Å²) < 4.78 is 4.56. The molecule has 0 aromatic rings. The van der Waals surface area contributed by atoms with Crippen LogP contribution >= 0.6 is 15.9 Å². The molecule has 0 N–H and O–H groups in total. The monoisotopic (exact) mass is 293 g/mol. The molecule has 0 fully saturated rings. The summed E-state index contributed by atoms with van der Waals surface area (Å²) in [7, 11) is 1.34. The first kappa shape index (κ1) is 15.4. The highest BCUT2D eigenvalue weighted by molar-refractivity contribution is 9.09. The van der Waals surface area contributed by atoms with Crippen molar-refractivity contribution >= 4 is 27.8 Å². The Morgan fingerprint density at radius 2 is 2.00 bits per heavy atom. The average molecular weight is 294 g/mol. The van der Waals surface area contributed by atoms with Crippen LogP contribution in [0.2, 0.25) is 0 Å². The molecule has 0 aromatic heterocycles. The molecule has 16 heavy (non-hydrogen) atoms. The van der Waals surface area contributed by atoms with Crippen molar-refractivity contribution in [3.63, 3.8) is 0 Å². The topological polar surface area (TPSA) is 46.6 Å². The molecule has 0 radical (unpaired) electrons. The van der Waals surface area contributed by atoms with Gasteiger partial charge >= 0.3 is 5.97 Å². The maximum Gasteiger partial charge on any atom is 0.325 e. The maximum absolute atomic E-state index is 11.8. The smallest absolute Gasteiger partial charge is 0.325 e. The Labute approximate surface area is 105 Å². The zero-order valence-electron chi connectivity index (χ0n) is 10.00. The van der Waals surface area contributed by atoms with E-state index >= 15 is 0 Å². The van der Waals surface area contributed by atoms with E-state index < -0.39 is 0 Å². The van der Waals surface area contributed by atoms with Crippen LogP contribution in [0, 0.1) is 0 Å². The molecule has 0 saturated carbocycles. The van der Waals surface area contributed by atoms with Crippen molar-refractivity contribution in [3.8, 4) is 0 Å². The van der Waals surface area contributed by atoms with Crippen molar-refractivity contribution < 1.29 is 14.3 Å². The van der Waals surface area contributed by atoms with Crippen molar-refractivity contribution in [2.75, 3.05) is 25.5 Å². The predicted octanol–water partition coefficient (Wildman–Crippen LogP) is 1.96. The lowest BCUT2D eigenvalue weighted by molar-refractivity contribution is -0.147. The maximum atomic E-state index is 11.8. The third-order valence-corrected chi connectivity index (χ3v) is 2.73. The van der Waals surface area contributed by atoms with Gasteiger partial charge in [0.2, 0.25) is 5.91 Å². The van der Waals surface area contributed by atoms with E-state index in [-0.39, 0.29) is 18.4 Å². The first-order chi connectivity index (χ1) is 7.65. The molecule has 0 bridgehead atoms. The SMILES string of the molecule is CCCN(CC(=O)OC)C(=O)CCCCBr. The van der Waals surface area contributed by atoms with E-state index in [4.69, 9.17) is 0 Å². The number of hydrogen-bond donors (Lipinski definition) is 0. The average Bonchev–Trinajstić information content (AvgIpc) is 2.28. The van der Waals surface area contributed by atoms with Crippen LogP contribution in [-0.4, -0.2) is 42.3 Å². The molecular formula is C11H20BrNO3.